The molecule has 14 heavy (non-hydrogen) atoms. The maximum Gasteiger partial charge on any atom is 0.255 e. The normalized spacial score (nSPS) is 11.1. The van der Waals surface area contributed by atoms with Crippen LogP contribution in [0.3, 0.4) is 0 Å². The van der Waals surface area contributed by atoms with Crippen molar-refractivity contribution in [3.05, 3.63) is 46.4 Å². The number of aromatic amines is 1. The van der Waals surface area contributed by atoms with Gasteiger partial charge in [0, 0.05) is 11.6 Å². The molecule has 1 aromatic carbocycles. The van der Waals surface area contributed by atoms with Gasteiger partial charge in [0.25, 0.3) is 5.56 Å². The largest absolute Gasteiger partial charge is 0.328 e. The van der Waals surface area contributed by atoms with Crippen LogP contribution in [0.1, 0.15) is 25.3 Å². The van der Waals surface area contributed by atoms with Crippen molar-refractivity contribution in [2.24, 2.45) is 0 Å². The Labute approximate surface area is 82.6 Å². The molecule has 0 saturated heterocycles. The molecular weight excluding hydrogens is 174 g/mol. The van der Waals surface area contributed by atoms with E-state index in [2.05, 4.69) is 18.8 Å². The molecule has 0 spiro atoms. The average Bonchev–Trinajstić information content (AvgIpc) is 2.18. The van der Waals surface area contributed by atoms with Crippen LogP contribution in [0.4, 0.5) is 0 Å². The summed E-state index contributed by atoms with van der Waals surface area (Å²) in [4.78, 5) is 14.3. The van der Waals surface area contributed by atoms with E-state index in [0.717, 1.165) is 10.8 Å². The van der Waals surface area contributed by atoms with Gasteiger partial charge in [0.15, 0.2) is 0 Å². The van der Waals surface area contributed by atoms with Gasteiger partial charge in [-0.2, -0.15) is 0 Å². The van der Waals surface area contributed by atoms with Crippen molar-refractivity contribution in [1.29, 1.82) is 0 Å². The average molecular weight is 187 g/mol. The fraction of sp³-hybridized carbons (Fsp3) is 0.250. The highest BCUT2D eigenvalue weighted by atomic mass is 16.1. The summed E-state index contributed by atoms with van der Waals surface area (Å²) in [5.74, 6) is 0.428. The van der Waals surface area contributed by atoms with Gasteiger partial charge in [0.05, 0.1) is 0 Å². The fourth-order valence-electron chi connectivity index (χ4n) is 1.71. The van der Waals surface area contributed by atoms with Gasteiger partial charge in [-0.1, -0.05) is 32.0 Å². The molecule has 0 aliphatic carbocycles. The van der Waals surface area contributed by atoms with Crippen LogP contribution >= 0.6 is 0 Å². The first-order chi connectivity index (χ1) is 6.70. The topological polar surface area (TPSA) is 32.9 Å². The lowest BCUT2D eigenvalue weighted by Crippen LogP contribution is -2.07. The van der Waals surface area contributed by atoms with Crippen molar-refractivity contribution in [2.45, 2.75) is 19.8 Å². The number of benzene rings is 1. The van der Waals surface area contributed by atoms with Crippen molar-refractivity contribution < 1.29 is 0 Å². The minimum Gasteiger partial charge on any atom is -0.328 e. The molecule has 1 N–H and O–H groups in total. The SMILES string of the molecule is CC(C)c1c[nH]c(=O)c2ccccc12. The number of fused-ring (bicyclic) bond motifs is 1. The fourth-order valence-corrected chi connectivity index (χ4v) is 1.71. The molecule has 0 bridgehead atoms. The Morgan fingerprint density at radius 1 is 1.14 bits per heavy atom. The summed E-state index contributed by atoms with van der Waals surface area (Å²) < 4.78 is 0. The summed E-state index contributed by atoms with van der Waals surface area (Å²) in [6.45, 7) is 4.25. The first-order valence-corrected chi connectivity index (χ1v) is 4.80. The first kappa shape index (κ1) is 9.00. The van der Waals surface area contributed by atoms with E-state index in [-0.39, 0.29) is 5.56 Å². The van der Waals surface area contributed by atoms with E-state index in [1.54, 1.807) is 0 Å². The molecule has 2 aromatic rings. The van der Waals surface area contributed by atoms with Crippen LogP contribution in [0.5, 0.6) is 0 Å². The van der Waals surface area contributed by atoms with Crippen molar-refractivity contribution >= 4 is 10.8 Å². The van der Waals surface area contributed by atoms with Gasteiger partial charge in [0.2, 0.25) is 0 Å². The van der Waals surface area contributed by atoms with Gasteiger partial charge < -0.3 is 4.98 Å². The van der Waals surface area contributed by atoms with Crippen LogP contribution in [-0.4, -0.2) is 4.98 Å². The van der Waals surface area contributed by atoms with Crippen LogP contribution in [0.2, 0.25) is 0 Å². The summed E-state index contributed by atoms with van der Waals surface area (Å²) >= 11 is 0. The highest BCUT2D eigenvalue weighted by molar-refractivity contribution is 5.84. The number of H-pyrrole nitrogens is 1. The quantitative estimate of drug-likeness (QED) is 0.731. The number of rotatable bonds is 1. The van der Waals surface area contributed by atoms with Crippen LogP contribution in [0.25, 0.3) is 10.8 Å². The lowest BCUT2D eigenvalue weighted by Gasteiger charge is -2.08. The molecule has 0 aliphatic rings. The van der Waals surface area contributed by atoms with E-state index in [1.807, 2.05) is 30.5 Å². The third kappa shape index (κ3) is 1.33. The molecule has 0 atom stereocenters. The summed E-state index contributed by atoms with van der Waals surface area (Å²) in [5, 5.41) is 1.84. The number of nitrogens with one attached hydrogen (secondary N) is 1. The minimum atomic E-state index is -0.00926. The van der Waals surface area contributed by atoms with E-state index in [0.29, 0.717) is 5.92 Å². The molecule has 2 heteroatoms. The van der Waals surface area contributed by atoms with Crippen LogP contribution in [-0.2, 0) is 0 Å². The number of hydrogen-bond donors (Lipinski definition) is 1. The van der Waals surface area contributed by atoms with Crippen molar-refractivity contribution in [2.75, 3.05) is 0 Å². The maximum atomic E-state index is 11.5. The van der Waals surface area contributed by atoms with Crippen molar-refractivity contribution in [1.82, 2.24) is 4.98 Å². The van der Waals surface area contributed by atoms with E-state index in [1.165, 1.54) is 5.56 Å². The highest BCUT2D eigenvalue weighted by Gasteiger charge is 2.06. The van der Waals surface area contributed by atoms with E-state index in [4.69, 9.17) is 0 Å². The Balaban J connectivity index is 2.89. The van der Waals surface area contributed by atoms with Gasteiger partial charge in [-0.15, -0.1) is 0 Å². The molecule has 1 heterocycles. The van der Waals surface area contributed by atoms with Crippen molar-refractivity contribution in [3.63, 3.8) is 0 Å². The standard InChI is InChI=1S/C12H13NO/c1-8(2)11-7-13-12(14)10-6-4-3-5-9(10)11/h3-8H,1-2H3,(H,13,14). The Morgan fingerprint density at radius 3 is 2.43 bits per heavy atom. The molecule has 72 valence electrons. The number of hydrogen-bond acceptors (Lipinski definition) is 1. The Bertz CT molecular complexity index is 511. The van der Waals surface area contributed by atoms with E-state index < -0.39 is 0 Å². The number of pyridine rings is 1. The summed E-state index contributed by atoms with van der Waals surface area (Å²) in [5.41, 5.74) is 1.19. The smallest absolute Gasteiger partial charge is 0.255 e. The second kappa shape index (κ2) is 3.29. The molecule has 0 unspecified atom stereocenters. The first-order valence-electron chi connectivity index (χ1n) is 4.80. The zero-order valence-electron chi connectivity index (χ0n) is 8.37. The number of aromatic nitrogens is 1. The molecule has 0 amide bonds. The zero-order chi connectivity index (χ0) is 10.1. The Hall–Kier alpha value is -1.57. The summed E-state index contributed by atoms with van der Waals surface area (Å²) in [7, 11) is 0. The van der Waals surface area contributed by atoms with Gasteiger partial charge in [-0.05, 0) is 22.9 Å². The molecule has 1 aromatic heterocycles. The van der Waals surface area contributed by atoms with E-state index in [9.17, 15) is 4.79 Å². The molecule has 2 rings (SSSR count). The predicted molar refractivity (Wildman–Crippen MR) is 58.7 cm³/mol. The molecular formula is C12H13NO. The molecule has 0 saturated carbocycles. The molecule has 0 radical (unpaired) electrons. The van der Waals surface area contributed by atoms with Crippen LogP contribution < -0.4 is 5.56 Å². The van der Waals surface area contributed by atoms with Crippen LogP contribution in [0, 0.1) is 0 Å². The minimum absolute atomic E-state index is 0.00926. The zero-order valence-corrected chi connectivity index (χ0v) is 8.37. The lowest BCUT2D eigenvalue weighted by atomic mass is 9.99. The maximum absolute atomic E-state index is 11.5. The monoisotopic (exact) mass is 187 g/mol. The van der Waals surface area contributed by atoms with Crippen molar-refractivity contribution in [3.8, 4) is 0 Å². The Kier molecular flexibility index (Phi) is 2.12. The van der Waals surface area contributed by atoms with E-state index >= 15 is 0 Å². The predicted octanol–water partition coefficient (Wildman–Crippen LogP) is 2.65. The third-order valence-electron chi connectivity index (χ3n) is 2.46. The lowest BCUT2D eigenvalue weighted by molar-refractivity contribution is 0.867. The highest BCUT2D eigenvalue weighted by Crippen LogP contribution is 2.21. The van der Waals surface area contributed by atoms with Gasteiger partial charge in [-0.3, -0.25) is 4.79 Å². The molecule has 0 aliphatic heterocycles. The Morgan fingerprint density at radius 2 is 1.79 bits per heavy atom. The van der Waals surface area contributed by atoms with Gasteiger partial charge >= 0.3 is 0 Å². The molecule has 2 nitrogen and oxygen atoms in total. The summed E-state index contributed by atoms with van der Waals surface area (Å²) in [6, 6.07) is 7.72. The molecule has 0 fully saturated rings. The second-order valence-electron chi connectivity index (χ2n) is 3.77. The second-order valence-corrected chi connectivity index (χ2v) is 3.77. The summed E-state index contributed by atoms with van der Waals surface area (Å²) in [6.07, 6.45) is 1.81. The third-order valence-corrected chi connectivity index (χ3v) is 2.46. The van der Waals surface area contributed by atoms with Gasteiger partial charge in [-0.25, -0.2) is 0 Å². The van der Waals surface area contributed by atoms with Gasteiger partial charge in [0.1, 0.15) is 0 Å². The van der Waals surface area contributed by atoms with Crippen LogP contribution in [0.15, 0.2) is 35.3 Å².